The Balaban J connectivity index is 3.91. The average Bonchev–Trinajstić information content (AvgIpc) is 2.97. The Labute approximate surface area is 315 Å². The zero-order chi connectivity index (χ0) is 39.0. The van der Waals surface area contributed by atoms with Crippen LogP contribution in [-0.4, -0.2) is 69.4 Å². The van der Waals surface area contributed by atoms with Gasteiger partial charge in [0.05, 0.1) is 25.1 Å². The molecule has 0 spiro atoms. The Kier molecular flexibility index (Phi) is 19.3. The Morgan fingerprint density at radius 1 is 0.600 bits per heavy atom. The van der Waals surface area contributed by atoms with Gasteiger partial charge in [0.2, 0.25) is 25.0 Å². The maximum absolute atomic E-state index is 7.83. The van der Waals surface area contributed by atoms with Crippen LogP contribution in [0.3, 0.4) is 0 Å². The predicted octanol–water partition coefficient (Wildman–Crippen LogP) is 13.2. The fourth-order valence-corrected chi connectivity index (χ4v) is 26.6. The zero-order valence-electron chi connectivity index (χ0n) is 37.0. The van der Waals surface area contributed by atoms with Gasteiger partial charge in [0.15, 0.2) is 5.79 Å². The van der Waals surface area contributed by atoms with E-state index in [1.54, 1.807) is 7.11 Å². The highest BCUT2D eigenvalue weighted by atomic mass is 28.4. The summed E-state index contributed by atoms with van der Waals surface area (Å²) >= 11 is 0. The number of allylic oxidation sites excluding steroid dienone is 1. The van der Waals surface area contributed by atoms with Crippen LogP contribution in [0.2, 0.25) is 49.9 Å². The van der Waals surface area contributed by atoms with Crippen molar-refractivity contribution in [2.24, 2.45) is 0 Å². The number of methoxy groups -OCH3 is 1. The molecule has 6 nitrogen and oxygen atoms in total. The van der Waals surface area contributed by atoms with Crippen LogP contribution in [0.15, 0.2) is 11.8 Å². The van der Waals surface area contributed by atoms with Gasteiger partial charge in [-0.25, -0.2) is 0 Å². The molecule has 0 unspecified atom stereocenters. The van der Waals surface area contributed by atoms with Crippen LogP contribution in [0.1, 0.15) is 158 Å². The van der Waals surface area contributed by atoms with Crippen LogP contribution >= 0.6 is 0 Å². The Hall–Kier alpha value is -0.00935. The predicted molar refractivity (Wildman–Crippen MR) is 223 cm³/mol. The maximum atomic E-state index is 7.83. The molecule has 3 atom stereocenters. The third-order valence-electron chi connectivity index (χ3n) is 12.4. The second-order valence-electron chi connectivity index (χ2n) is 18.6. The molecule has 1 aliphatic heterocycles. The molecule has 0 bridgehead atoms. The normalized spacial score (nSPS) is 20.2. The van der Waals surface area contributed by atoms with Gasteiger partial charge in [-0.3, -0.25) is 0 Å². The first kappa shape index (κ1) is 48.0. The van der Waals surface area contributed by atoms with Gasteiger partial charge in [-0.1, -0.05) is 125 Å². The van der Waals surface area contributed by atoms with Crippen molar-refractivity contribution in [3.8, 4) is 0 Å². The van der Waals surface area contributed by atoms with Gasteiger partial charge >= 0.3 is 0 Å². The number of hydrogen-bond donors (Lipinski definition) is 0. The first-order valence-corrected chi connectivity index (χ1v) is 26.9. The van der Waals surface area contributed by atoms with Gasteiger partial charge in [-0.15, -0.1) is 0 Å². The Bertz CT molecular complexity index is 939. The fourth-order valence-electron chi connectivity index (χ4n) is 10.1. The molecule has 9 heteroatoms. The van der Waals surface area contributed by atoms with Crippen LogP contribution in [0, 0.1) is 0 Å². The number of unbranched alkanes of at least 4 members (excludes halogenated alkanes) is 1. The number of rotatable bonds is 23. The van der Waals surface area contributed by atoms with Crippen molar-refractivity contribution in [1.29, 1.82) is 0 Å². The minimum Gasteiger partial charge on any atom is -0.490 e. The molecule has 1 rings (SSSR count). The molecule has 1 aliphatic rings. The summed E-state index contributed by atoms with van der Waals surface area (Å²) in [5.74, 6) is 0.440. The molecule has 298 valence electrons. The van der Waals surface area contributed by atoms with Gasteiger partial charge < -0.3 is 27.5 Å². The van der Waals surface area contributed by atoms with Gasteiger partial charge in [-0.05, 0) is 82.6 Å². The second-order valence-corrected chi connectivity index (χ2v) is 34.9. The molecule has 0 aromatic rings. The zero-order valence-corrected chi connectivity index (χ0v) is 40.0. The third kappa shape index (κ3) is 11.0. The molecular formula is C41H86O6Si3. The van der Waals surface area contributed by atoms with Gasteiger partial charge in [-0.2, -0.15) is 0 Å². The average molecular weight is 759 g/mol. The molecule has 50 heavy (non-hydrogen) atoms. The van der Waals surface area contributed by atoms with Gasteiger partial charge in [0.25, 0.3) is 0 Å². The molecule has 0 aromatic carbocycles. The topological polar surface area (TPSA) is 55.4 Å². The van der Waals surface area contributed by atoms with Crippen molar-refractivity contribution in [2.45, 2.75) is 232 Å². The minimum atomic E-state index is -2.32. The molecule has 0 aliphatic carbocycles. The van der Waals surface area contributed by atoms with Gasteiger partial charge in [0.1, 0.15) is 12.2 Å². The summed E-state index contributed by atoms with van der Waals surface area (Å²) in [6, 6.07) is 0. The van der Waals surface area contributed by atoms with Crippen molar-refractivity contribution in [3.63, 3.8) is 0 Å². The molecule has 0 N–H and O–H groups in total. The van der Waals surface area contributed by atoms with Crippen LogP contribution < -0.4 is 0 Å². The highest BCUT2D eigenvalue weighted by Gasteiger charge is 2.54. The van der Waals surface area contributed by atoms with Crippen LogP contribution in [-0.2, 0) is 27.5 Å². The number of hydrogen-bond acceptors (Lipinski definition) is 6. The van der Waals surface area contributed by atoms with E-state index in [0.29, 0.717) is 63.1 Å². The summed E-state index contributed by atoms with van der Waals surface area (Å²) in [6.45, 7) is 47.9. The first-order valence-electron chi connectivity index (χ1n) is 20.5. The quantitative estimate of drug-likeness (QED) is 0.0587. The van der Waals surface area contributed by atoms with Crippen molar-refractivity contribution in [2.75, 3.05) is 20.3 Å². The largest absolute Gasteiger partial charge is 0.490 e. The third-order valence-corrected chi connectivity index (χ3v) is 30.7. The van der Waals surface area contributed by atoms with Crippen LogP contribution in [0.4, 0.5) is 0 Å². The Morgan fingerprint density at radius 2 is 1.00 bits per heavy atom. The van der Waals surface area contributed by atoms with Crippen LogP contribution in [0.5, 0.6) is 0 Å². The van der Waals surface area contributed by atoms with Crippen molar-refractivity contribution >= 4 is 25.0 Å². The molecule has 1 heterocycles. The summed E-state index contributed by atoms with van der Waals surface area (Å²) in [5, 5.41) is 0. The monoisotopic (exact) mass is 759 g/mol. The summed E-state index contributed by atoms with van der Waals surface area (Å²) < 4.78 is 41.6. The first-order chi connectivity index (χ1) is 22.9. The highest BCUT2D eigenvalue weighted by molar-refractivity contribution is 6.78. The second kappa shape index (κ2) is 20.1. The molecule has 0 saturated carbocycles. The van der Waals surface area contributed by atoms with E-state index in [9.17, 15) is 0 Å². The lowest BCUT2D eigenvalue weighted by atomic mass is 10.0. The van der Waals surface area contributed by atoms with E-state index in [2.05, 4.69) is 131 Å². The van der Waals surface area contributed by atoms with Crippen molar-refractivity contribution in [1.82, 2.24) is 0 Å². The summed E-state index contributed by atoms with van der Waals surface area (Å²) in [7, 11) is -5.08. The van der Waals surface area contributed by atoms with Crippen molar-refractivity contribution in [3.05, 3.63) is 11.8 Å². The standard InChI is InChI=1S/C41H86O6Si3/c1-28(2)48(29(3)4,30(5)6)44-27-39-40(47-50(34(13)14,35(15)16)36(17)18)38(46-49(31(7)8,32(9)10)33(11)12)26-37(45-39)24-22-23-25-43-41(19,20)42-21/h26,28-36,38-40H,22-25,27H2,1-21H3/t38-,39-,40+/m1/s1. The summed E-state index contributed by atoms with van der Waals surface area (Å²) in [5.41, 5.74) is 4.20. The Morgan fingerprint density at radius 3 is 1.38 bits per heavy atom. The van der Waals surface area contributed by atoms with E-state index in [-0.39, 0.29) is 18.3 Å². The van der Waals surface area contributed by atoms with Gasteiger partial charge in [0, 0.05) is 13.5 Å². The minimum absolute atomic E-state index is 0.189. The van der Waals surface area contributed by atoms with E-state index in [0.717, 1.165) is 25.0 Å². The SMILES string of the molecule is COC(C)(C)OCCCCC1=C[C@@H](O[Si](C(C)C)(C(C)C)C(C)C)[C@H](O[Si](C(C)C)(C(C)C)C(C)C)[C@@H](CO[Si](C(C)C)(C(C)C)C(C)C)O1. The highest BCUT2D eigenvalue weighted by Crippen LogP contribution is 2.49. The lowest BCUT2D eigenvalue weighted by Gasteiger charge is -2.52. The molecule has 0 radical (unpaired) electrons. The van der Waals surface area contributed by atoms with E-state index in [1.165, 1.54) is 0 Å². The van der Waals surface area contributed by atoms with E-state index in [4.69, 9.17) is 27.5 Å². The fraction of sp³-hybridized carbons (Fsp3) is 0.951. The van der Waals surface area contributed by atoms with Crippen LogP contribution in [0.25, 0.3) is 0 Å². The summed E-state index contributed by atoms with van der Waals surface area (Å²) in [6.07, 6.45) is 4.39. The molecule has 0 saturated heterocycles. The van der Waals surface area contributed by atoms with Crippen molar-refractivity contribution < 1.29 is 27.5 Å². The van der Waals surface area contributed by atoms with E-state index in [1.807, 2.05) is 13.8 Å². The molecule has 0 amide bonds. The lowest BCUT2D eigenvalue weighted by Crippen LogP contribution is -2.61. The number of ether oxygens (including phenoxy) is 3. The maximum Gasteiger partial charge on any atom is 0.201 e. The molecule has 0 aromatic heterocycles. The van der Waals surface area contributed by atoms with E-state index < -0.39 is 30.7 Å². The smallest absolute Gasteiger partial charge is 0.201 e. The molecular weight excluding hydrogens is 673 g/mol. The lowest BCUT2D eigenvalue weighted by molar-refractivity contribution is -0.197. The van der Waals surface area contributed by atoms with E-state index >= 15 is 0 Å². The molecule has 0 fully saturated rings. The summed E-state index contributed by atoms with van der Waals surface area (Å²) in [4.78, 5) is 0.